The van der Waals surface area contributed by atoms with E-state index in [0.29, 0.717) is 18.9 Å². The Bertz CT molecular complexity index is 1420. The zero-order valence-electron chi connectivity index (χ0n) is 27.7. The number of rotatable bonds is 11. The molecule has 0 aromatic heterocycles. The van der Waals surface area contributed by atoms with Gasteiger partial charge in [-0.25, -0.2) is 0 Å². The molecule has 6 nitrogen and oxygen atoms in total. The van der Waals surface area contributed by atoms with Gasteiger partial charge in [-0.3, -0.25) is 14.5 Å². The number of fused-ring (bicyclic) bond motifs is 2. The van der Waals surface area contributed by atoms with E-state index in [-0.39, 0.29) is 29.3 Å². The van der Waals surface area contributed by atoms with Gasteiger partial charge in [0.15, 0.2) is 0 Å². The molecule has 1 amide bonds. The van der Waals surface area contributed by atoms with Gasteiger partial charge in [0.05, 0.1) is 6.54 Å². The number of aryl methyl sites for hydroxylation is 1. The third kappa shape index (κ3) is 8.76. The van der Waals surface area contributed by atoms with Crippen LogP contribution in [0.25, 0.3) is 0 Å². The zero-order chi connectivity index (χ0) is 32.0. The highest BCUT2D eigenvalue weighted by Gasteiger charge is 2.30. The maximum atomic E-state index is 13.8. The van der Waals surface area contributed by atoms with Gasteiger partial charge >= 0.3 is 5.97 Å². The van der Waals surface area contributed by atoms with Crippen molar-refractivity contribution in [2.75, 3.05) is 26.0 Å². The van der Waals surface area contributed by atoms with Crippen molar-refractivity contribution in [2.24, 2.45) is 5.92 Å². The van der Waals surface area contributed by atoms with Crippen LogP contribution in [-0.4, -0.2) is 43.5 Å². The first kappa shape index (κ1) is 32.7. The predicted molar refractivity (Wildman–Crippen MR) is 181 cm³/mol. The minimum absolute atomic E-state index is 0.0260. The number of nitrogens with one attached hydrogen (secondary N) is 1. The van der Waals surface area contributed by atoms with Crippen LogP contribution in [0.5, 0.6) is 11.5 Å². The number of para-hydroxylation sites is 2. The van der Waals surface area contributed by atoms with Gasteiger partial charge in [-0.05, 0) is 74.0 Å². The third-order valence-corrected chi connectivity index (χ3v) is 9.18. The standard InChI is InChI=1S/C39H50N2O4/c1-39(2,3)33-22-20-28(19-21-29(44-38(43)26-41(4)5)23-27-13-7-6-8-14-27)24-34(33)40-37(42)25-32-30-15-9-11-17-35(30)45-36-18-12-10-16-31(32)36/h9-12,15-18,20,22,24,27,29,32H,6-8,13-14,19,21,23,25-26H2,1-5H3,(H,40,42)/t29-/m0/s1. The Labute approximate surface area is 269 Å². The lowest BCUT2D eigenvalue weighted by atomic mass is 9.83. The molecule has 5 rings (SSSR count). The minimum atomic E-state index is -0.159. The molecular formula is C39H50N2O4. The molecule has 0 bridgehead atoms. The average Bonchev–Trinajstić information content (AvgIpc) is 2.99. The molecule has 1 saturated carbocycles. The maximum Gasteiger partial charge on any atom is 0.320 e. The Hall–Kier alpha value is -3.64. The van der Waals surface area contributed by atoms with Gasteiger partial charge in [0, 0.05) is 29.2 Å². The van der Waals surface area contributed by atoms with Crippen molar-refractivity contribution in [1.82, 2.24) is 4.90 Å². The number of esters is 1. The van der Waals surface area contributed by atoms with Gasteiger partial charge in [0.1, 0.15) is 17.6 Å². The highest BCUT2D eigenvalue weighted by molar-refractivity contribution is 5.93. The number of benzene rings is 3. The van der Waals surface area contributed by atoms with Crippen LogP contribution in [0.4, 0.5) is 5.69 Å². The van der Waals surface area contributed by atoms with Crippen molar-refractivity contribution in [3.8, 4) is 11.5 Å². The average molecular weight is 611 g/mol. The molecule has 3 aromatic rings. The third-order valence-electron chi connectivity index (χ3n) is 9.18. The topological polar surface area (TPSA) is 67.9 Å². The lowest BCUT2D eigenvalue weighted by molar-refractivity contribution is -0.151. The Balaban J connectivity index is 1.32. The number of hydrogen-bond acceptors (Lipinski definition) is 5. The molecule has 0 spiro atoms. The fraction of sp³-hybridized carbons (Fsp3) is 0.487. The Morgan fingerprint density at radius 1 is 0.933 bits per heavy atom. The van der Waals surface area contributed by atoms with E-state index in [2.05, 4.69) is 56.4 Å². The fourth-order valence-electron chi connectivity index (χ4n) is 6.95. The molecule has 1 fully saturated rings. The number of ether oxygens (including phenoxy) is 2. The summed E-state index contributed by atoms with van der Waals surface area (Å²) in [7, 11) is 3.78. The molecule has 1 heterocycles. The number of carbonyl (C=O) groups excluding carboxylic acids is 2. The van der Waals surface area contributed by atoms with Gasteiger partial charge in [-0.2, -0.15) is 0 Å². The second kappa shape index (κ2) is 14.6. The van der Waals surface area contributed by atoms with E-state index in [1.807, 2.05) is 55.4 Å². The summed E-state index contributed by atoms with van der Waals surface area (Å²) >= 11 is 0. The number of likely N-dealkylation sites (N-methyl/N-ethyl adjacent to an activating group) is 1. The van der Waals surface area contributed by atoms with E-state index in [0.717, 1.165) is 58.7 Å². The number of hydrogen-bond donors (Lipinski definition) is 1. The van der Waals surface area contributed by atoms with Crippen LogP contribution in [0.1, 0.15) is 100 Å². The summed E-state index contributed by atoms with van der Waals surface area (Å²) in [5, 5.41) is 3.30. The van der Waals surface area contributed by atoms with Crippen molar-refractivity contribution in [3.63, 3.8) is 0 Å². The van der Waals surface area contributed by atoms with Crippen LogP contribution < -0.4 is 10.1 Å². The minimum Gasteiger partial charge on any atom is -0.461 e. The molecule has 1 aliphatic heterocycles. The van der Waals surface area contributed by atoms with E-state index in [9.17, 15) is 9.59 Å². The molecule has 1 atom stereocenters. The van der Waals surface area contributed by atoms with Crippen molar-refractivity contribution in [3.05, 3.63) is 89.0 Å². The summed E-state index contributed by atoms with van der Waals surface area (Å²) in [6.07, 6.45) is 8.98. The van der Waals surface area contributed by atoms with E-state index < -0.39 is 0 Å². The highest BCUT2D eigenvalue weighted by atomic mass is 16.5. The van der Waals surface area contributed by atoms with Crippen LogP contribution in [0.15, 0.2) is 66.7 Å². The Kier molecular flexibility index (Phi) is 10.7. The summed E-state index contributed by atoms with van der Waals surface area (Å²) in [6.45, 7) is 6.81. The zero-order valence-corrected chi connectivity index (χ0v) is 27.7. The molecule has 0 unspecified atom stereocenters. The molecule has 240 valence electrons. The molecule has 45 heavy (non-hydrogen) atoms. The van der Waals surface area contributed by atoms with Crippen LogP contribution >= 0.6 is 0 Å². The molecule has 3 aromatic carbocycles. The van der Waals surface area contributed by atoms with Crippen molar-refractivity contribution in [1.29, 1.82) is 0 Å². The van der Waals surface area contributed by atoms with Crippen LogP contribution in [0.3, 0.4) is 0 Å². The number of carbonyl (C=O) groups is 2. The molecular weight excluding hydrogens is 560 g/mol. The summed E-state index contributed by atoms with van der Waals surface area (Å²) in [5.74, 6) is 1.95. The monoisotopic (exact) mass is 610 g/mol. The summed E-state index contributed by atoms with van der Waals surface area (Å²) in [4.78, 5) is 28.3. The fourth-order valence-corrected chi connectivity index (χ4v) is 6.95. The van der Waals surface area contributed by atoms with Gasteiger partial charge in [0.2, 0.25) is 5.91 Å². The van der Waals surface area contributed by atoms with E-state index in [1.54, 1.807) is 0 Å². The van der Waals surface area contributed by atoms with E-state index in [4.69, 9.17) is 9.47 Å². The van der Waals surface area contributed by atoms with Crippen LogP contribution in [0.2, 0.25) is 0 Å². The van der Waals surface area contributed by atoms with Crippen molar-refractivity contribution >= 4 is 17.6 Å². The van der Waals surface area contributed by atoms with Gasteiger partial charge in [-0.15, -0.1) is 0 Å². The molecule has 1 aliphatic carbocycles. The normalized spacial score (nSPS) is 16.0. The smallest absolute Gasteiger partial charge is 0.320 e. The molecule has 2 aliphatic rings. The van der Waals surface area contributed by atoms with Crippen LogP contribution in [0, 0.1) is 5.92 Å². The first-order chi connectivity index (χ1) is 21.6. The number of amides is 1. The second-order valence-corrected chi connectivity index (χ2v) is 14.2. The Morgan fingerprint density at radius 2 is 1.58 bits per heavy atom. The summed E-state index contributed by atoms with van der Waals surface area (Å²) in [6, 6.07) is 22.4. The van der Waals surface area contributed by atoms with Gasteiger partial charge < -0.3 is 14.8 Å². The SMILES string of the molecule is CN(C)CC(=O)O[C@@H](CCc1ccc(C(C)(C)C)c(NC(=O)CC2c3ccccc3Oc3ccccc32)c1)CC1CCCCC1. The quantitative estimate of drug-likeness (QED) is 0.220. The molecule has 0 saturated heterocycles. The van der Waals surface area contributed by atoms with Crippen molar-refractivity contribution < 1.29 is 19.1 Å². The lowest BCUT2D eigenvalue weighted by Crippen LogP contribution is -2.29. The highest BCUT2D eigenvalue weighted by Crippen LogP contribution is 2.45. The van der Waals surface area contributed by atoms with Crippen LogP contribution in [-0.2, 0) is 26.2 Å². The van der Waals surface area contributed by atoms with E-state index >= 15 is 0 Å². The molecule has 0 radical (unpaired) electrons. The largest absolute Gasteiger partial charge is 0.461 e. The Morgan fingerprint density at radius 3 is 2.20 bits per heavy atom. The van der Waals surface area contributed by atoms with Crippen molar-refractivity contribution in [2.45, 2.75) is 96.0 Å². The second-order valence-electron chi connectivity index (χ2n) is 14.2. The first-order valence-electron chi connectivity index (χ1n) is 16.7. The van der Waals surface area contributed by atoms with Gasteiger partial charge in [0.25, 0.3) is 0 Å². The lowest BCUT2D eigenvalue weighted by Gasteiger charge is -2.29. The predicted octanol–water partition coefficient (Wildman–Crippen LogP) is 8.63. The van der Waals surface area contributed by atoms with E-state index in [1.165, 1.54) is 32.1 Å². The maximum absolute atomic E-state index is 13.8. The van der Waals surface area contributed by atoms with Gasteiger partial charge in [-0.1, -0.05) is 101 Å². The first-order valence-corrected chi connectivity index (χ1v) is 16.7. The summed E-state index contributed by atoms with van der Waals surface area (Å²) in [5.41, 5.74) is 5.01. The molecule has 6 heteroatoms. The summed E-state index contributed by atoms with van der Waals surface area (Å²) < 4.78 is 12.2. The number of anilines is 1. The molecule has 1 N–H and O–H groups in total. The number of nitrogens with zero attached hydrogens (tertiary/aromatic N) is 1.